The van der Waals surface area contributed by atoms with E-state index in [1.165, 1.54) is 12.4 Å². The number of aromatic amines is 1. The van der Waals surface area contributed by atoms with Gasteiger partial charge < -0.3 is 31.8 Å². The predicted octanol–water partition coefficient (Wildman–Crippen LogP) is -1.03. The van der Waals surface area contributed by atoms with Gasteiger partial charge in [0.15, 0.2) is 0 Å². The molecule has 13 heteroatoms. The van der Waals surface area contributed by atoms with Gasteiger partial charge in [-0.05, 0) is 4.92 Å². The van der Waals surface area contributed by atoms with Crippen molar-refractivity contribution in [1.29, 1.82) is 0 Å². The molecule has 7 N–H and O–H groups in total. The summed E-state index contributed by atoms with van der Waals surface area (Å²) in [6, 6.07) is -1.63. The second kappa shape index (κ2) is 12.9. The van der Waals surface area contributed by atoms with E-state index in [1.807, 2.05) is 0 Å². The molecular formula is C9H17N5O6S2. The largest absolute Gasteiger partial charge is 0.480 e. The maximum atomic E-state index is 9.77. The van der Waals surface area contributed by atoms with Crippen molar-refractivity contribution in [1.82, 2.24) is 9.97 Å². The summed E-state index contributed by atoms with van der Waals surface area (Å²) in [6.07, 6.45) is 2.73. The van der Waals surface area contributed by atoms with Crippen LogP contribution in [-0.2, 0) is 9.59 Å². The van der Waals surface area contributed by atoms with Crippen molar-refractivity contribution in [2.24, 2.45) is 11.5 Å². The highest BCUT2D eigenvalue weighted by molar-refractivity contribution is 7.80. The Morgan fingerprint density at radius 3 is 1.77 bits per heavy atom. The second-order valence-electron chi connectivity index (χ2n) is 3.42. The molecule has 0 amide bonds. The van der Waals surface area contributed by atoms with Crippen LogP contribution in [0.5, 0.6) is 0 Å². The first-order valence-corrected chi connectivity index (χ1v) is 6.76. The fraction of sp³-hybridized carbons (Fsp3) is 0.444. The topological polar surface area (TPSA) is 198 Å². The minimum absolute atomic E-state index is 0.190. The van der Waals surface area contributed by atoms with E-state index in [0.717, 1.165) is 0 Å². The number of H-pyrrole nitrogens is 1. The summed E-state index contributed by atoms with van der Waals surface area (Å²) in [7, 11) is 0. The molecule has 1 rings (SSSR count). The van der Waals surface area contributed by atoms with E-state index < -0.39 is 28.9 Å². The van der Waals surface area contributed by atoms with E-state index in [2.05, 4.69) is 35.2 Å². The van der Waals surface area contributed by atoms with E-state index in [-0.39, 0.29) is 17.5 Å². The zero-order valence-electron chi connectivity index (χ0n) is 11.2. The molecule has 0 aliphatic carbocycles. The van der Waals surface area contributed by atoms with Gasteiger partial charge in [-0.15, -0.1) is 0 Å². The number of hydrogen-bond acceptors (Lipinski definition) is 9. The van der Waals surface area contributed by atoms with E-state index in [1.54, 1.807) is 0 Å². The number of imidazole rings is 1. The maximum Gasteiger partial charge on any atom is 0.432 e. The van der Waals surface area contributed by atoms with Crippen LogP contribution in [-0.4, -0.2) is 60.6 Å². The zero-order valence-corrected chi connectivity index (χ0v) is 13.0. The number of nitro groups is 1. The lowest BCUT2D eigenvalue weighted by Gasteiger charge is -1.96. The number of rotatable bonds is 5. The quantitative estimate of drug-likeness (QED) is 0.196. The Morgan fingerprint density at radius 2 is 1.68 bits per heavy atom. The van der Waals surface area contributed by atoms with Crippen LogP contribution in [0.2, 0.25) is 0 Å². The molecule has 0 aromatic carbocycles. The van der Waals surface area contributed by atoms with E-state index >= 15 is 0 Å². The molecule has 126 valence electrons. The number of nitrogens with two attached hydrogens (primary N) is 2. The Morgan fingerprint density at radius 1 is 1.27 bits per heavy atom. The molecule has 0 radical (unpaired) electrons. The van der Waals surface area contributed by atoms with Gasteiger partial charge >= 0.3 is 17.9 Å². The number of hydrogen-bond donors (Lipinski definition) is 7. The van der Waals surface area contributed by atoms with Gasteiger partial charge in [0.05, 0.1) is 6.20 Å². The van der Waals surface area contributed by atoms with Gasteiger partial charge in [-0.3, -0.25) is 9.59 Å². The molecule has 22 heavy (non-hydrogen) atoms. The third-order valence-electron chi connectivity index (χ3n) is 1.68. The van der Waals surface area contributed by atoms with E-state index in [0.29, 0.717) is 0 Å². The Balaban J connectivity index is 0. The van der Waals surface area contributed by atoms with Crippen molar-refractivity contribution < 1.29 is 24.7 Å². The Bertz CT molecular complexity index is 437. The SMILES string of the molecule is NC(CS)C(=O)O.NC(CS)C(=O)O.O=[N+]([O-])c1ncc[nH]1. The minimum Gasteiger partial charge on any atom is -0.480 e. The lowest BCUT2D eigenvalue weighted by atomic mass is 10.4. The summed E-state index contributed by atoms with van der Waals surface area (Å²) in [6.45, 7) is 0. The van der Waals surface area contributed by atoms with Crippen LogP contribution in [0, 0.1) is 10.1 Å². The fourth-order valence-electron chi connectivity index (χ4n) is 0.513. The molecule has 1 heterocycles. The minimum atomic E-state index is -1.00. The number of thiol groups is 2. The summed E-state index contributed by atoms with van der Waals surface area (Å²) < 4.78 is 0. The Hall–Kier alpha value is -1.83. The summed E-state index contributed by atoms with van der Waals surface area (Å²) in [5.41, 5.74) is 9.88. The van der Waals surface area contributed by atoms with Crippen molar-refractivity contribution in [2.75, 3.05) is 11.5 Å². The highest BCUT2D eigenvalue weighted by Gasteiger charge is 2.06. The van der Waals surface area contributed by atoms with Gasteiger partial charge in [0.2, 0.25) is 0 Å². The van der Waals surface area contributed by atoms with Crippen molar-refractivity contribution >= 4 is 43.1 Å². The molecule has 0 aliphatic heterocycles. The van der Waals surface area contributed by atoms with Gasteiger partial charge in [-0.25, -0.2) is 4.98 Å². The normalized spacial score (nSPS) is 11.8. The molecule has 0 spiro atoms. The van der Waals surface area contributed by atoms with Crippen LogP contribution in [0.15, 0.2) is 12.4 Å². The number of nitrogens with one attached hydrogen (secondary N) is 1. The molecule has 0 fully saturated rings. The lowest BCUT2D eigenvalue weighted by Crippen LogP contribution is -2.31. The zero-order chi connectivity index (χ0) is 17.7. The van der Waals surface area contributed by atoms with Gasteiger partial charge in [0.1, 0.15) is 18.3 Å². The Labute approximate surface area is 136 Å². The number of carboxylic acid groups (broad SMARTS) is 2. The molecule has 1 aromatic heterocycles. The predicted molar refractivity (Wildman–Crippen MR) is 84.2 cm³/mol. The van der Waals surface area contributed by atoms with Crippen molar-refractivity contribution in [2.45, 2.75) is 12.1 Å². The van der Waals surface area contributed by atoms with Gasteiger partial charge in [-0.1, -0.05) is 4.98 Å². The van der Waals surface area contributed by atoms with Crippen molar-refractivity contribution in [3.63, 3.8) is 0 Å². The van der Waals surface area contributed by atoms with Crippen LogP contribution in [0.3, 0.4) is 0 Å². The molecule has 2 atom stereocenters. The van der Waals surface area contributed by atoms with Gasteiger partial charge in [-0.2, -0.15) is 25.3 Å². The number of aromatic nitrogens is 2. The number of carboxylic acids is 2. The number of carbonyl (C=O) groups is 2. The number of nitrogens with zero attached hydrogens (tertiary/aromatic N) is 2. The van der Waals surface area contributed by atoms with Crippen molar-refractivity contribution in [3.8, 4) is 0 Å². The standard InChI is InChI=1S/C3H3N3O2.2C3H7NO2S/c7-6(8)3-4-1-2-5-3;2*4-2(1-7)3(5)6/h1-2H,(H,4,5);2*2,7H,1,4H2,(H,5,6). The summed E-state index contributed by atoms with van der Waals surface area (Å²) in [5.74, 6) is -1.85. The second-order valence-corrected chi connectivity index (χ2v) is 4.15. The first-order valence-electron chi connectivity index (χ1n) is 5.49. The van der Waals surface area contributed by atoms with Gasteiger partial charge in [0, 0.05) is 11.5 Å². The first kappa shape index (κ1) is 22.5. The maximum absolute atomic E-state index is 9.77. The molecule has 2 unspecified atom stereocenters. The summed E-state index contributed by atoms with van der Waals surface area (Å²) in [5, 5.41) is 25.8. The highest BCUT2D eigenvalue weighted by Crippen LogP contribution is 1.96. The fourth-order valence-corrected chi connectivity index (χ4v) is 0.825. The Kier molecular flexibility index (Phi) is 13.1. The van der Waals surface area contributed by atoms with Crippen LogP contribution >= 0.6 is 25.3 Å². The van der Waals surface area contributed by atoms with Crippen LogP contribution in [0.4, 0.5) is 5.95 Å². The smallest absolute Gasteiger partial charge is 0.432 e. The third-order valence-corrected chi connectivity index (χ3v) is 2.47. The molecule has 0 saturated heterocycles. The van der Waals surface area contributed by atoms with E-state index in [9.17, 15) is 19.7 Å². The average Bonchev–Trinajstić information content (AvgIpc) is 3.01. The van der Waals surface area contributed by atoms with Crippen molar-refractivity contribution in [3.05, 3.63) is 22.5 Å². The molecule has 1 aromatic rings. The summed E-state index contributed by atoms with van der Waals surface area (Å²) >= 11 is 7.30. The molecule has 0 saturated carbocycles. The van der Waals surface area contributed by atoms with Crippen LogP contribution in [0.1, 0.15) is 0 Å². The molecular weight excluding hydrogens is 338 g/mol. The third kappa shape index (κ3) is 12.0. The van der Waals surface area contributed by atoms with Crippen LogP contribution < -0.4 is 11.5 Å². The summed E-state index contributed by atoms with van der Waals surface area (Å²) in [4.78, 5) is 34.4. The molecule has 11 nitrogen and oxygen atoms in total. The highest BCUT2D eigenvalue weighted by atomic mass is 32.1. The van der Waals surface area contributed by atoms with E-state index in [4.69, 9.17) is 21.7 Å². The molecule has 0 aliphatic rings. The molecule has 0 bridgehead atoms. The lowest BCUT2D eigenvalue weighted by molar-refractivity contribution is -0.393. The monoisotopic (exact) mass is 355 g/mol. The van der Waals surface area contributed by atoms with Crippen LogP contribution in [0.25, 0.3) is 0 Å². The number of aliphatic carboxylic acids is 2. The van der Waals surface area contributed by atoms with Gasteiger partial charge in [0.25, 0.3) is 0 Å². The first-order chi connectivity index (χ1) is 10.2. The average molecular weight is 355 g/mol.